The Morgan fingerprint density at radius 3 is 2.43 bits per heavy atom. The molecule has 1 aliphatic rings. The van der Waals surface area contributed by atoms with Crippen molar-refractivity contribution >= 4 is 40.7 Å². The van der Waals surface area contributed by atoms with E-state index >= 15 is 0 Å². The Labute approximate surface area is 134 Å². The average molecular weight is 329 g/mol. The molecule has 0 unspecified atom stereocenters. The number of anilines is 1. The third kappa shape index (κ3) is 4.11. The smallest absolute Gasteiger partial charge is 0.242 e. The first-order chi connectivity index (χ1) is 9.99. The number of benzene rings is 1. The minimum absolute atomic E-state index is 0.0106. The monoisotopic (exact) mass is 328 g/mol. The first kappa shape index (κ1) is 16.1. The molecule has 114 valence electrons. The fourth-order valence-electron chi connectivity index (χ4n) is 2.44. The molecule has 6 heteroatoms. The first-order valence-corrected chi connectivity index (χ1v) is 7.75. The van der Waals surface area contributed by atoms with Crippen molar-refractivity contribution in [3.8, 4) is 0 Å². The van der Waals surface area contributed by atoms with Crippen molar-refractivity contribution in [2.24, 2.45) is 0 Å². The SMILES string of the molecule is CC(=O)N(CC(=O)N1CCCCC1)c1ccc(Cl)cc1Cl. The number of amides is 2. The van der Waals surface area contributed by atoms with Crippen LogP contribution in [-0.4, -0.2) is 36.3 Å². The van der Waals surface area contributed by atoms with Gasteiger partial charge in [-0.3, -0.25) is 9.59 Å². The van der Waals surface area contributed by atoms with Crippen molar-refractivity contribution < 1.29 is 9.59 Å². The van der Waals surface area contributed by atoms with E-state index in [2.05, 4.69) is 0 Å². The molecule has 0 aromatic heterocycles. The normalized spacial score (nSPS) is 14.9. The predicted octanol–water partition coefficient (Wildman–Crippen LogP) is 3.36. The molecule has 2 rings (SSSR count). The maximum atomic E-state index is 12.3. The first-order valence-electron chi connectivity index (χ1n) is 7.00. The Bertz CT molecular complexity index is 542. The number of halogens is 2. The average Bonchev–Trinajstić information content (AvgIpc) is 2.46. The zero-order valence-corrected chi connectivity index (χ0v) is 13.5. The molecule has 1 aromatic carbocycles. The number of hydrogen-bond donors (Lipinski definition) is 0. The zero-order valence-electron chi connectivity index (χ0n) is 11.9. The summed E-state index contributed by atoms with van der Waals surface area (Å²) in [4.78, 5) is 27.4. The Balaban J connectivity index is 2.15. The number of hydrogen-bond acceptors (Lipinski definition) is 2. The van der Waals surface area contributed by atoms with E-state index in [9.17, 15) is 9.59 Å². The van der Waals surface area contributed by atoms with Crippen molar-refractivity contribution in [1.29, 1.82) is 0 Å². The van der Waals surface area contributed by atoms with Gasteiger partial charge in [0.25, 0.3) is 0 Å². The molecule has 1 saturated heterocycles. The van der Waals surface area contributed by atoms with Crippen LogP contribution in [-0.2, 0) is 9.59 Å². The molecule has 0 bridgehead atoms. The highest BCUT2D eigenvalue weighted by molar-refractivity contribution is 6.36. The van der Waals surface area contributed by atoms with E-state index in [4.69, 9.17) is 23.2 Å². The lowest BCUT2D eigenvalue weighted by atomic mass is 10.1. The van der Waals surface area contributed by atoms with Crippen molar-refractivity contribution in [3.05, 3.63) is 28.2 Å². The maximum Gasteiger partial charge on any atom is 0.242 e. The molecule has 0 spiro atoms. The summed E-state index contributed by atoms with van der Waals surface area (Å²) >= 11 is 12.0. The highest BCUT2D eigenvalue weighted by atomic mass is 35.5. The number of piperidine rings is 1. The summed E-state index contributed by atoms with van der Waals surface area (Å²) in [5.41, 5.74) is 0.513. The van der Waals surface area contributed by atoms with E-state index < -0.39 is 0 Å². The topological polar surface area (TPSA) is 40.6 Å². The van der Waals surface area contributed by atoms with Crippen LogP contribution in [0.2, 0.25) is 10.0 Å². The van der Waals surface area contributed by atoms with Gasteiger partial charge in [-0.25, -0.2) is 0 Å². The van der Waals surface area contributed by atoms with Gasteiger partial charge in [-0.05, 0) is 37.5 Å². The van der Waals surface area contributed by atoms with E-state index in [0.717, 1.165) is 32.4 Å². The highest BCUT2D eigenvalue weighted by Crippen LogP contribution is 2.29. The van der Waals surface area contributed by atoms with Crippen LogP contribution in [0, 0.1) is 0 Å². The second kappa shape index (κ2) is 7.14. The van der Waals surface area contributed by atoms with Crippen LogP contribution in [0.3, 0.4) is 0 Å². The van der Waals surface area contributed by atoms with E-state index in [1.807, 2.05) is 4.90 Å². The van der Waals surface area contributed by atoms with Gasteiger partial charge in [-0.1, -0.05) is 23.2 Å². The van der Waals surface area contributed by atoms with Gasteiger partial charge in [0.05, 0.1) is 10.7 Å². The number of carbonyl (C=O) groups excluding carboxylic acids is 2. The van der Waals surface area contributed by atoms with Gasteiger partial charge >= 0.3 is 0 Å². The van der Waals surface area contributed by atoms with Crippen molar-refractivity contribution in [3.63, 3.8) is 0 Å². The molecule has 2 amide bonds. The number of rotatable bonds is 3. The molecule has 0 radical (unpaired) electrons. The Kier molecular flexibility index (Phi) is 5.48. The summed E-state index contributed by atoms with van der Waals surface area (Å²) in [5, 5.41) is 0.860. The van der Waals surface area contributed by atoms with E-state index in [0.29, 0.717) is 15.7 Å². The summed E-state index contributed by atoms with van der Waals surface area (Å²) in [6.45, 7) is 2.96. The minimum Gasteiger partial charge on any atom is -0.341 e. The van der Waals surface area contributed by atoms with Crippen LogP contribution < -0.4 is 4.90 Å². The molecule has 1 heterocycles. The van der Waals surface area contributed by atoms with Gasteiger partial charge in [-0.15, -0.1) is 0 Å². The summed E-state index contributed by atoms with van der Waals surface area (Å²) < 4.78 is 0. The zero-order chi connectivity index (χ0) is 15.4. The molecule has 4 nitrogen and oxygen atoms in total. The summed E-state index contributed by atoms with van der Waals surface area (Å²) in [6.07, 6.45) is 3.20. The lowest BCUT2D eigenvalue weighted by Gasteiger charge is -2.30. The lowest BCUT2D eigenvalue weighted by Crippen LogP contribution is -2.44. The summed E-state index contributed by atoms with van der Waals surface area (Å²) in [7, 11) is 0. The molecule has 0 aliphatic carbocycles. The number of carbonyl (C=O) groups is 2. The van der Waals surface area contributed by atoms with Crippen molar-refractivity contribution in [2.45, 2.75) is 26.2 Å². The van der Waals surface area contributed by atoms with E-state index in [1.54, 1.807) is 18.2 Å². The van der Waals surface area contributed by atoms with Crippen LogP contribution in [0.25, 0.3) is 0 Å². The Hall–Kier alpha value is -1.26. The summed E-state index contributed by atoms with van der Waals surface area (Å²) in [6, 6.07) is 4.89. The second-order valence-electron chi connectivity index (χ2n) is 5.14. The molecule has 21 heavy (non-hydrogen) atoms. The van der Waals surface area contributed by atoms with Gasteiger partial charge in [-0.2, -0.15) is 0 Å². The Morgan fingerprint density at radius 2 is 1.86 bits per heavy atom. The molecule has 0 N–H and O–H groups in total. The fourth-order valence-corrected chi connectivity index (χ4v) is 2.96. The third-order valence-electron chi connectivity index (χ3n) is 3.58. The number of likely N-dealkylation sites (tertiary alicyclic amines) is 1. The van der Waals surface area contributed by atoms with E-state index in [1.165, 1.54) is 11.8 Å². The molecular formula is C15H18Cl2N2O2. The number of nitrogens with zero attached hydrogens (tertiary/aromatic N) is 2. The predicted molar refractivity (Wildman–Crippen MR) is 84.9 cm³/mol. The van der Waals surface area contributed by atoms with Crippen molar-refractivity contribution in [1.82, 2.24) is 4.90 Å². The summed E-state index contributed by atoms with van der Waals surface area (Å²) in [5.74, 6) is -0.263. The molecule has 1 aliphatic heterocycles. The highest BCUT2D eigenvalue weighted by Gasteiger charge is 2.23. The van der Waals surface area contributed by atoms with Crippen LogP contribution in [0.4, 0.5) is 5.69 Å². The Morgan fingerprint density at radius 1 is 1.19 bits per heavy atom. The quantitative estimate of drug-likeness (QED) is 0.853. The standard InChI is InChI=1S/C15H18Cl2N2O2/c1-11(20)19(14-6-5-12(16)9-13(14)17)10-15(21)18-7-3-2-4-8-18/h5-6,9H,2-4,7-8,10H2,1H3. The second-order valence-corrected chi connectivity index (χ2v) is 5.99. The van der Waals surface area contributed by atoms with Crippen molar-refractivity contribution in [2.75, 3.05) is 24.5 Å². The van der Waals surface area contributed by atoms with Crippen LogP contribution >= 0.6 is 23.2 Å². The van der Waals surface area contributed by atoms with Crippen LogP contribution in [0.1, 0.15) is 26.2 Å². The fraction of sp³-hybridized carbons (Fsp3) is 0.467. The maximum absolute atomic E-state index is 12.3. The molecule has 1 fully saturated rings. The minimum atomic E-state index is -0.218. The van der Waals surface area contributed by atoms with Crippen LogP contribution in [0.15, 0.2) is 18.2 Å². The molecular weight excluding hydrogens is 311 g/mol. The van der Waals surface area contributed by atoms with E-state index in [-0.39, 0.29) is 18.4 Å². The van der Waals surface area contributed by atoms with Gasteiger partial charge in [0.15, 0.2) is 0 Å². The third-order valence-corrected chi connectivity index (χ3v) is 4.12. The molecule has 0 saturated carbocycles. The largest absolute Gasteiger partial charge is 0.341 e. The van der Waals surface area contributed by atoms with Gasteiger partial charge < -0.3 is 9.80 Å². The molecule has 1 aromatic rings. The van der Waals surface area contributed by atoms with Gasteiger partial charge in [0, 0.05) is 25.0 Å². The molecule has 0 atom stereocenters. The van der Waals surface area contributed by atoms with Gasteiger partial charge in [0.1, 0.15) is 6.54 Å². The van der Waals surface area contributed by atoms with Gasteiger partial charge in [0.2, 0.25) is 11.8 Å². The lowest BCUT2D eigenvalue weighted by molar-refractivity contribution is -0.132. The van der Waals surface area contributed by atoms with Crippen LogP contribution in [0.5, 0.6) is 0 Å².